The normalized spacial score (nSPS) is 11.3. The highest BCUT2D eigenvalue weighted by Crippen LogP contribution is 2.25. The molecule has 0 fully saturated rings. The molecule has 1 aromatic rings. The molecule has 9 heteroatoms. The maximum absolute atomic E-state index is 11.8. The molecule has 0 spiro atoms. The number of carboxylic acids is 1. The number of amides is 1. The van der Waals surface area contributed by atoms with Gasteiger partial charge in [0.1, 0.15) is 0 Å². The lowest BCUT2D eigenvalue weighted by Gasteiger charge is -2.06. The van der Waals surface area contributed by atoms with Crippen LogP contribution in [-0.2, 0) is 14.8 Å². The maximum atomic E-state index is 11.8. The van der Waals surface area contributed by atoms with Crippen LogP contribution in [0, 0.1) is 6.92 Å². The number of rotatable bonds is 6. The first-order chi connectivity index (χ1) is 8.77. The van der Waals surface area contributed by atoms with E-state index in [1.54, 1.807) is 13.8 Å². The highest BCUT2D eigenvalue weighted by molar-refractivity contribution is 7.89. The van der Waals surface area contributed by atoms with Gasteiger partial charge in [-0.25, -0.2) is 13.1 Å². The molecule has 0 atom stereocenters. The van der Waals surface area contributed by atoms with E-state index in [2.05, 4.69) is 5.32 Å². The SMILES string of the molecule is CCNC(=O)c1cc(S(=O)(=O)NCC(=O)[O-])c(C)s1. The van der Waals surface area contributed by atoms with Gasteiger partial charge < -0.3 is 15.2 Å². The van der Waals surface area contributed by atoms with Crippen molar-refractivity contribution in [1.82, 2.24) is 10.0 Å². The number of aryl methyl sites for hydroxylation is 1. The molecule has 0 aromatic carbocycles. The molecule has 1 rings (SSSR count). The number of hydrogen-bond donors (Lipinski definition) is 2. The van der Waals surface area contributed by atoms with E-state index in [4.69, 9.17) is 0 Å². The largest absolute Gasteiger partial charge is 0.549 e. The monoisotopic (exact) mass is 305 g/mol. The van der Waals surface area contributed by atoms with Crippen molar-refractivity contribution in [2.24, 2.45) is 0 Å². The summed E-state index contributed by atoms with van der Waals surface area (Å²) in [5.41, 5.74) is 0. The first-order valence-corrected chi connectivity index (χ1v) is 7.66. The maximum Gasteiger partial charge on any atom is 0.261 e. The van der Waals surface area contributed by atoms with E-state index < -0.39 is 22.5 Å². The molecular weight excluding hydrogens is 292 g/mol. The first kappa shape index (κ1) is 15.6. The van der Waals surface area contributed by atoms with Crippen LogP contribution < -0.4 is 15.1 Å². The molecule has 0 aliphatic carbocycles. The second-order valence-corrected chi connectivity index (χ2v) is 6.58. The van der Waals surface area contributed by atoms with Gasteiger partial charge in [-0.15, -0.1) is 11.3 Å². The molecule has 0 bridgehead atoms. The molecule has 19 heavy (non-hydrogen) atoms. The molecule has 2 N–H and O–H groups in total. The van der Waals surface area contributed by atoms with Gasteiger partial charge in [0.2, 0.25) is 10.0 Å². The summed E-state index contributed by atoms with van der Waals surface area (Å²) in [6, 6.07) is 1.22. The molecule has 0 aliphatic rings. The number of hydrogen-bond acceptors (Lipinski definition) is 6. The van der Waals surface area contributed by atoms with Crippen LogP contribution in [0.25, 0.3) is 0 Å². The molecule has 0 saturated carbocycles. The molecule has 0 aliphatic heterocycles. The van der Waals surface area contributed by atoms with Gasteiger partial charge in [-0.05, 0) is 19.9 Å². The van der Waals surface area contributed by atoms with E-state index in [-0.39, 0.29) is 15.7 Å². The third-order valence-electron chi connectivity index (χ3n) is 2.13. The van der Waals surface area contributed by atoms with Crippen molar-refractivity contribution >= 4 is 33.2 Å². The predicted octanol–water partition coefficient (Wildman–Crippen LogP) is -1.17. The molecule has 1 heterocycles. The molecule has 1 amide bonds. The van der Waals surface area contributed by atoms with Gasteiger partial charge in [-0.1, -0.05) is 0 Å². The summed E-state index contributed by atoms with van der Waals surface area (Å²) in [5, 5.41) is 12.8. The Kier molecular flexibility index (Phi) is 5.04. The summed E-state index contributed by atoms with van der Waals surface area (Å²) >= 11 is 1.03. The second-order valence-electron chi connectivity index (χ2n) is 3.59. The Morgan fingerprint density at radius 2 is 2.05 bits per heavy atom. The molecule has 106 valence electrons. The summed E-state index contributed by atoms with van der Waals surface area (Å²) in [4.78, 5) is 22.4. The van der Waals surface area contributed by atoms with Crippen LogP contribution in [0.3, 0.4) is 0 Å². The van der Waals surface area contributed by atoms with E-state index in [9.17, 15) is 23.1 Å². The Morgan fingerprint density at radius 3 is 2.58 bits per heavy atom. The minimum absolute atomic E-state index is 0.0972. The predicted molar refractivity (Wildman–Crippen MR) is 67.3 cm³/mol. The topological polar surface area (TPSA) is 115 Å². The average molecular weight is 305 g/mol. The minimum Gasteiger partial charge on any atom is -0.549 e. The van der Waals surface area contributed by atoms with Gasteiger partial charge >= 0.3 is 0 Å². The number of carbonyl (C=O) groups is 2. The summed E-state index contributed by atoms with van der Waals surface area (Å²) in [7, 11) is -3.95. The van der Waals surface area contributed by atoms with Crippen LogP contribution >= 0.6 is 11.3 Å². The number of carboxylic acid groups (broad SMARTS) is 1. The minimum atomic E-state index is -3.95. The molecule has 0 saturated heterocycles. The van der Waals surface area contributed by atoms with Gasteiger partial charge in [0.25, 0.3) is 5.91 Å². The summed E-state index contributed by atoms with van der Waals surface area (Å²) < 4.78 is 25.5. The summed E-state index contributed by atoms with van der Waals surface area (Å²) in [5.74, 6) is -1.89. The average Bonchev–Trinajstić information content (AvgIpc) is 2.70. The Bertz CT molecular complexity index is 591. The van der Waals surface area contributed by atoms with Crippen molar-refractivity contribution in [3.63, 3.8) is 0 Å². The second kappa shape index (κ2) is 6.13. The molecule has 0 radical (unpaired) electrons. The lowest BCUT2D eigenvalue weighted by molar-refractivity contribution is -0.303. The van der Waals surface area contributed by atoms with Crippen LogP contribution in [0.1, 0.15) is 21.5 Å². The Hall–Kier alpha value is -1.45. The summed E-state index contributed by atoms with van der Waals surface area (Å²) in [6.07, 6.45) is 0. The van der Waals surface area contributed by atoms with Crippen LogP contribution in [0.4, 0.5) is 0 Å². The number of thiophene rings is 1. The number of aliphatic carboxylic acids is 1. The first-order valence-electron chi connectivity index (χ1n) is 5.36. The van der Waals surface area contributed by atoms with E-state index in [1.807, 2.05) is 4.72 Å². The van der Waals surface area contributed by atoms with Crippen LogP contribution in [0.5, 0.6) is 0 Å². The zero-order chi connectivity index (χ0) is 14.6. The third-order valence-corrected chi connectivity index (χ3v) is 4.84. The molecule has 7 nitrogen and oxygen atoms in total. The van der Waals surface area contributed by atoms with Gasteiger partial charge in [-0.2, -0.15) is 0 Å². The van der Waals surface area contributed by atoms with Crippen LogP contribution in [-0.4, -0.2) is 33.4 Å². The van der Waals surface area contributed by atoms with E-state index in [1.165, 1.54) is 6.07 Å². The molecule has 0 unspecified atom stereocenters. The van der Waals surface area contributed by atoms with Gasteiger partial charge in [-0.3, -0.25) is 4.79 Å². The third kappa shape index (κ3) is 4.01. The number of sulfonamides is 1. The van der Waals surface area contributed by atoms with Gasteiger partial charge in [0.15, 0.2) is 0 Å². The standard InChI is InChI=1S/C10H14N2O5S2/c1-3-11-10(15)7-4-8(6(2)18-7)19(16,17)12-5-9(13)14/h4,12H,3,5H2,1-2H3,(H,11,15)(H,13,14)/p-1. The van der Waals surface area contributed by atoms with Gasteiger partial charge in [0.05, 0.1) is 22.3 Å². The van der Waals surface area contributed by atoms with Crippen molar-refractivity contribution in [2.45, 2.75) is 18.7 Å². The van der Waals surface area contributed by atoms with Crippen molar-refractivity contribution in [3.8, 4) is 0 Å². The van der Waals surface area contributed by atoms with E-state index in [0.717, 1.165) is 11.3 Å². The fraction of sp³-hybridized carbons (Fsp3) is 0.400. The number of nitrogens with one attached hydrogen (secondary N) is 2. The number of carbonyl (C=O) groups excluding carboxylic acids is 2. The fourth-order valence-corrected chi connectivity index (χ4v) is 3.80. The van der Waals surface area contributed by atoms with Crippen LogP contribution in [0.2, 0.25) is 0 Å². The van der Waals surface area contributed by atoms with Crippen molar-refractivity contribution in [2.75, 3.05) is 13.1 Å². The highest BCUT2D eigenvalue weighted by atomic mass is 32.2. The van der Waals surface area contributed by atoms with E-state index >= 15 is 0 Å². The quantitative estimate of drug-likeness (QED) is 0.687. The van der Waals surface area contributed by atoms with Crippen LogP contribution in [0.15, 0.2) is 11.0 Å². The smallest absolute Gasteiger partial charge is 0.261 e. The van der Waals surface area contributed by atoms with Gasteiger partial charge in [0, 0.05) is 11.4 Å². The zero-order valence-electron chi connectivity index (χ0n) is 10.3. The zero-order valence-corrected chi connectivity index (χ0v) is 12.0. The summed E-state index contributed by atoms with van der Waals surface area (Å²) in [6.45, 7) is 2.91. The van der Waals surface area contributed by atoms with E-state index in [0.29, 0.717) is 11.4 Å². The molecule has 1 aromatic heterocycles. The Labute approximate surface area is 114 Å². The molecular formula is C10H13N2O5S2-. The lowest BCUT2D eigenvalue weighted by Crippen LogP contribution is -2.37. The van der Waals surface area contributed by atoms with Crippen molar-refractivity contribution < 1.29 is 23.1 Å². The Balaban J connectivity index is 3.01. The fourth-order valence-electron chi connectivity index (χ4n) is 1.32. The van der Waals surface area contributed by atoms with Crippen molar-refractivity contribution in [1.29, 1.82) is 0 Å². The van der Waals surface area contributed by atoms with Crippen molar-refractivity contribution in [3.05, 3.63) is 15.8 Å². The highest BCUT2D eigenvalue weighted by Gasteiger charge is 2.21. The lowest BCUT2D eigenvalue weighted by atomic mass is 10.4. The Morgan fingerprint density at radius 1 is 1.42 bits per heavy atom.